The zero-order valence-electron chi connectivity index (χ0n) is 17.5. The third-order valence-electron chi connectivity index (χ3n) is 5.99. The van der Waals surface area contributed by atoms with Gasteiger partial charge in [-0.15, -0.1) is 0 Å². The fraction of sp³-hybridized carbons (Fsp3) is 0.182. The lowest BCUT2D eigenvalue weighted by Gasteiger charge is -2.28. The van der Waals surface area contributed by atoms with Gasteiger partial charge in [-0.25, -0.2) is 19.3 Å². The third kappa shape index (κ3) is 3.28. The Kier molecular flexibility index (Phi) is 5.21. The first-order valence-corrected chi connectivity index (χ1v) is 10.6. The van der Waals surface area contributed by atoms with Crippen LogP contribution in [0.1, 0.15) is 17.8 Å². The van der Waals surface area contributed by atoms with E-state index in [1.54, 1.807) is 18.3 Å². The van der Waals surface area contributed by atoms with Crippen molar-refractivity contribution >= 4 is 28.3 Å². The number of halogens is 2. The van der Waals surface area contributed by atoms with E-state index in [9.17, 15) is 14.4 Å². The summed E-state index contributed by atoms with van der Waals surface area (Å²) in [5, 5.41) is 12.0. The molecule has 34 heavy (non-hydrogen) atoms. The summed E-state index contributed by atoms with van der Waals surface area (Å²) in [7, 11) is 0. The zero-order valence-corrected chi connectivity index (χ0v) is 18.2. The minimum Gasteiger partial charge on any atom is -0.353 e. The summed E-state index contributed by atoms with van der Waals surface area (Å²) in [6, 6.07) is 7.38. The van der Waals surface area contributed by atoms with Crippen LogP contribution in [0.25, 0.3) is 16.6 Å². The molecule has 3 atom stereocenters. The molecule has 1 aliphatic carbocycles. The second-order valence-corrected chi connectivity index (χ2v) is 8.29. The molecule has 0 saturated heterocycles. The van der Waals surface area contributed by atoms with E-state index in [0.717, 1.165) is 6.07 Å². The van der Waals surface area contributed by atoms with Crippen LogP contribution in [0.5, 0.6) is 0 Å². The van der Waals surface area contributed by atoms with Gasteiger partial charge in [-0.05, 0) is 30.7 Å². The molecule has 170 valence electrons. The van der Waals surface area contributed by atoms with E-state index in [-0.39, 0.29) is 33.1 Å². The van der Waals surface area contributed by atoms with Crippen molar-refractivity contribution < 1.29 is 4.39 Å². The van der Waals surface area contributed by atoms with Gasteiger partial charge < -0.3 is 16.8 Å². The molecular formula is C22H17ClFN9O. The summed E-state index contributed by atoms with van der Waals surface area (Å²) in [5.74, 6) is -0.243. The van der Waals surface area contributed by atoms with Gasteiger partial charge in [0.15, 0.2) is 0 Å². The standard InChI is InChI=1S/C22H17ClFN9O/c23-17-13(24)3-4-14-16(17)19(34)33(12-2-1-5-28-9-12)21(31-14)22(6-15(22)26)20(27)32-18-11(7-25)8-29-10-30-18/h1-5,8-10,15,20H,6,26-27H2,(H,29,30,32)/t15-,20-,22-/m0/s1. The summed E-state index contributed by atoms with van der Waals surface area (Å²) in [6.45, 7) is 0. The van der Waals surface area contributed by atoms with Gasteiger partial charge >= 0.3 is 0 Å². The molecule has 1 aromatic carbocycles. The number of benzene rings is 1. The lowest BCUT2D eigenvalue weighted by molar-refractivity contribution is 0.503. The molecule has 3 heterocycles. The number of fused-ring (bicyclic) bond motifs is 1. The Balaban J connectivity index is 1.74. The molecule has 0 unspecified atom stereocenters. The number of nitrogens with zero attached hydrogens (tertiary/aromatic N) is 6. The fourth-order valence-corrected chi connectivity index (χ4v) is 4.35. The molecule has 0 amide bonds. The number of anilines is 1. The summed E-state index contributed by atoms with van der Waals surface area (Å²) >= 11 is 6.15. The molecule has 1 fully saturated rings. The van der Waals surface area contributed by atoms with Crippen LogP contribution in [0.3, 0.4) is 0 Å². The lowest BCUT2D eigenvalue weighted by atomic mass is 9.99. The largest absolute Gasteiger partial charge is 0.353 e. The molecule has 0 spiro atoms. The summed E-state index contributed by atoms with van der Waals surface area (Å²) in [5.41, 5.74) is 12.1. The van der Waals surface area contributed by atoms with E-state index in [1.165, 1.54) is 29.4 Å². The Bertz CT molecular complexity index is 1520. The molecule has 0 radical (unpaired) electrons. The van der Waals surface area contributed by atoms with Gasteiger partial charge in [0, 0.05) is 12.2 Å². The highest BCUT2D eigenvalue weighted by molar-refractivity contribution is 6.35. The number of nitriles is 1. The first-order valence-electron chi connectivity index (χ1n) is 10.2. The van der Waals surface area contributed by atoms with E-state index < -0.39 is 29.0 Å². The van der Waals surface area contributed by atoms with Crippen molar-refractivity contribution in [2.24, 2.45) is 11.5 Å². The van der Waals surface area contributed by atoms with Gasteiger partial charge in [-0.2, -0.15) is 5.26 Å². The SMILES string of the molecule is N#Cc1cncnc1N[C@H](N)[C@]1(c2nc3ccc(F)c(Cl)c3c(=O)n2-c2cccnc2)C[C@@H]1N. The molecular weight excluding hydrogens is 461 g/mol. The first-order chi connectivity index (χ1) is 16.4. The van der Waals surface area contributed by atoms with E-state index in [4.69, 9.17) is 28.1 Å². The van der Waals surface area contributed by atoms with E-state index in [2.05, 4.69) is 20.3 Å². The van der Waals surface area contributed by atoms with Crippen molar-refractivity contribution in [2.45, 2.75) is 24.0 Å². The summed E-state index contributed by atoms with van der Waals surface area (Å²) in [4.78, 5) is 30.4. The van der Waals surface area contributed by atoms with Gasteiger partial charge in [0.1, 0.15) is 35.4 Å². The van der Waals surface area contributed by atoms with Crippen LogP contribution in [0.15, 0.2) is 54.0 Å². The fourth-order valence-electron chi connectivity index (χ4n) is 4.11. The quantitative estimate of drug-likeness (QED) is 0.362. The van der Waals surface area contributed by atoms with Crippen molar-refractivity contribution in [3.63, 3.8) is 0 Å². The zero-order chi connectivity index (χ0) is 24.0. The molecule has 3 aromatic heterocycles. The maximum atomic E-state index is 14.2. The van der Waals surface area contributed by atoms with Crippen molar-refractivity contribution in [1.82, 2.24) is 24.5 Å². The molecule has 0 aliphatic heterocycles. The van der Waals surface area contributed by atoms with E-state index >= 15 is 0 Å². The highest BCUT2D eigenvalue weighted by Crippen LogP contribution is 2.49. The van der Waals surface area contributed by atoms with Crippen LogP contribution >= 0.6 is 11.6 Å². The molecule has 4 aromatic rings. The van der Waals surface area contributed by atoms with Crippen molar-refractivity contribution in [3.05, 3.63) is 81.8 Å². The number of hydrogen-bond acceptors (Lipinski definition) is 9. The third-order valence-corrected chi connectivity index (χ3v) is 6.36. The highest BCUT2D eigenvalue weighted by atomic mass is 35.5. The Morgan fingerprint density at radius 1 is 1.32 bits per heavy atom. The number of aromatic nitrogens is 5. The predicted molar refractivity (Wildman–Crippen MR) is 123 cm³/mol. The van der Waals surface area contributed by atoms with Crippen molar-refractivity contribution in [2.75, 3.05) is 5.32 Å². The van der Waals surface area contributed by atoms with Gasteiger partial charge in [0.25, 0.3) is 5.56 Å². The second kappa shape index (κ2) is 8.11. The lowest BCUT2D eigenvalue weighted by Crippen LogP contribution is -2.48. The molecule has 5 N–H and O–H groups in total. The Morgan fingerprint density at radius 3 is 2.79 bits per heavy atom. The number of nitrogens with two attached hydrogens (primary N) is 2. The van der Waals surface area contributed by atoms with E-state index in [1.807, 2.05) is 6.07 Å². The number of nitrogens with one attached hydrogen (secondary N) is 1. The molecule has 5 rings (SSSR count). The van der Waals surface area contributed by atoms with E-state index in [0.29, 0.717) is 12.1 Å². The average molecular weight is 478 g/mol. The van der Waals surface area contributed by atoms with Gasteiger partial charge in [-0.3, -0.25) is 14.3 Å². The van der Waals surface area contributed by atoms with Gasteiger partial charge in [0.2, 0.25) is 0 Å². The summed E-state index contributed by atoms with van der Waals surface area (Å²) < 4.78 is 15.5. The number of hydrogen-bond donors (Lipinski definition) is 3. The van der Waals surface area contributed by atoms with Crippen LogP contribution in [-0.2, 0) is 5.41 Å². The van der Waals surface area contributed by atoms with Crippen LogP contribution in [0.2, 0.25) is 5.02 Å². The molecule has 10 nitrogen and oxygen atoms in total. The monoisotopic (exact) mass is 477 g/mol. The van der Waals surface area contributed by atoms with Gasteiger partial charge in [0.05, 0.1) is 45.6 Å². The van der Waals surface area contributed by atoms with Crippen LogP contribution in [0, 0.1) is 17.1 Å². The highest BCUT2D eigenvalue weighted by Gasteiger charge is 2.61. The van der Waals surface area contributed by atoms with Crippen LogP contribution in [-0.4, -0.2) is 36.7 Å². The predicted octanol–water partition coefficient (Wildman–Crippen LogP) is 1.60. The molecule has 1 aliphatic rings. The molecule has 12 heteroatoms. The topological polar surface area (TPSA) is 161 Å². The van der Waals surface area contributed by atoms with Gasteiger partial charge in [-0.1, -0.05) is 11.6 Å². The maximum absolute atomic E-state index is 14.2. The number of rotatable bonds is 5. The van der Waals surface area contributed by atoms with Crippen molar-refractivity contribution in [1.29, 1.82) is 5.26 Å². The van der Waals surface area contributed by atoms with Crippen LogP contribution < -0.4 is 22.3 Å². The summed E-state index contributed by atoms with van der Waals surface area (Å²) in [6.07, 6.45) is 5.18. The molecule has 0 bridgehead atoms. The minimum atomic E-state index is -1.01. The number of pyridine rings is 1. The first kappa shape index (κ1) is 21.8. The Hall–Kier alpha value is -3.98. The average Bonchev–Trinajstić information content (AvgIpc) is 3.54. The Labute approximate surface area is 197 Å². The second-order valence-electron chi connectivity index (χ2n) is 7.91. The normalized spacial score (nSPS) is 20.0. The minimum absolute atomic E-state index is 0.0669. The maximum Gasteiger partial charge on any atom is 0.267 e. The smallest absolute Gasteiger partial charge is 0.267 e. The Morgan fingerprint density at radius 2 is 2.12 bits per heavy atom. The van der Waals surface area contributed by atoms with Crippen LogP contribution in [0.4, 0.5) is 10.2 Å². The van der Waals surface area contributed by atoms with Crippen molar-refractivity contribution in [3.8, 4) is 11.8 Å². The molecule has 1 saturated carbocycles.